The number of aryl methyl sites for hydroxylation is 2. The molecule has 8 nitrogen and oxygen atoms in total. The number of nitrogens with one attached hydrogen (secondary N) is 1. The minimum Gasteiger partial charge on any atom is -0.295 e. The second-order valence-electron chi connectivity index (χ2n) is 5.44. The molecule has 25 heavy (non-hydrogen) atoms. The molecule has 1 heterocycles. The lowest BCUT2D eigenvalue weighted by molar-refractivity contribution is -0.384. The average Bonchev–Trinajstić information content (AvgIpc) is 2.80. The number of hydrogen-bond donors (Lipinski definition) is 1. The van der Waals surface area contributed by atoms with Gasteiger partial charge in [0, 0.05) is 36.3 Å². The first-order valence-corrected chi connectivity index (χ1v) is 8.06. The third-order valence-corrected chi connectivity index (χ3v) is 4.55. The van der Waals surface area contributed by atoms with E-state index in [9.17, 15) is 14.9 Å². The molecule has 1 N–H and O–H groups in total. The third-order valence-electron chi connectivity index (χ3n) is 3.87. The van der Waals surface area contributed by atoms with Crippen LogP contribution in [0.3, 0.4) is 0 Å². The third kappa shape index (κ3) is 3.18. The number of imidazole rings is 1. The number of nitrogens with zero attached hydrogens (tertiary/aromatic N) is 4. The Balaban J connectivity index is 1.86. The fraction of sp³-hybridized carbons (Fsp3) is 0.125. The minimum atomic E-state index is -0.455. The quantitative estimate of drug-likeness (QED) is 0.411. The van der Waals surface area contributed by atoms with Crippen molar-refractivity contribution >= 4 is 44.6 Å². The summed E-state index contributed by atoms with van der Waals surface area (Å²) in [7, 11) is 3.44. The molecule has 128 valence electrons. The first-order chi connectivity index (χ1) is 11.9. The van der Waals surface area contributed by atoms with E-state index in [-0.39, 0.29) is 11.4 Å². The van der Waals surface area contributed by atoms with E-state index >= 15 is 0 Å². The summed E-state index contributed by atoms with van der Waals surface area (Å²) in [6.07, 6.45) is 1.61. The summed E-state index contributed by atoms with van der Waals surface area (Å²) in [5.74, 6) is 0. The molecule has 1 aromatic heterocycles. The van der Waals surface area contributed by atoms with Crippen LogP contribution in [0.4, 0.5) is 11.4 Å². The number of aromatic nitrogens is 2. The van der Waals surface area contributed by atoms with E-state index in [4.69, 9.17) is 0 Å². The molecule has 0 fully saturated rings. The summed E-state index contributed by atoms with van der Waals surface area (Å²) < 4.78 is 3.95. The minimum absolute atomic E-state index is 0.0210. The van der Waals surface area contributed by atoms with Crippen LogP contribution in [0.2, 0.25) is 0 Å². The van der Waals surface area contributed by atoms with Gasteiger partial charge in [-0.1, -0.05) is 15.9 Å². The summed E-state index contributed by atoms with van der Waals surface area (Å²) in [5, 5.41) is 14.8. The molecule has 0 amide bonds. The zero-order valence-corrected chi connectivity index (χ0v) is 15.0. The van der Waals surface area contributed by atoms with Crippen LogP contribution in [0.15, 0.2) is 50.8 Å². The van der Waals surface area contributed by atoms with Gasteiger partial charge in [-0.2, -0.15) is 5.10 Å². The Morgan fingerprint density at radius 3 is 2.36 bits per heavy atom. The van der Waals surface area contributed by atoms with Gasteiger partial charge in [-0.3, -0.25) is 24.7 Å². The van der Waals surface area contributed by atoms with Crippen LogP contribution in [0, 0.1) is 10.1 Å². The van der Waals surface area contributed by atoms with Gasteiger partial charge in [-0.25, -0.2) is 4.79 Å². The number of anilines is 1. The van der Waals surface area contributed by atoms with Crippen molar-refractivity contribution in [1.29, 1.82) is 0 Å². The largest absolute Gasteiger partial charge is 0.328 e. The summed E-state index contributed by atoms with van der Waals surface area (Å²) in [5.41, 5.74) is 5.79. The summed E-state index contributed by atoms with van der Waals surface area (Å²) >= 11 is 3.48. The summed E-state index contributed by atoms with van der Waals surface area (Å²) in [4.78, 5) is 22.2. The van der Waals surface area contributed by atoms with Crippen LogP contribution >= 0.6 is 15.9 Å². The van der Waals surface area contributed by atoms with Gasteiger partial charge in [0.1, 0.15) is 0 Å². The van der Waals surface area contributed by atoms with Crippen molar-refractivity contribution < 1.29 is 4.92 Å². The number of nitro groups is 1. The highest BCUT2D eigenvalue weighted by atomic mass is 79.9. The highest BCUT2D eigenvalue weighted by molar-refractivity contribution is 9.10. The van der Waals surface area contributed by atoms with E-state index in [2.05, 4.69) is 26.5 Å². The number of hydrazone groups is 1. The molecule has 9 heteroatoms. The maximum absolute atomic E-state index is 12.0. The smallest absolute Gasteiger partial charge is 0.295 e. The molecule has 0 unspecified atom stereocenters. The number of hydrogen-bond acceptors (Lipinski definition) is 5. The second-order valence-corrected chi connectivity index (χ2v) is 6.29. The molecule has 3 aromatic rings. The summed E-state index contributed by atoms with van der Waals surface area (Å²) in [6, 6.07) is 9.69. The molecule has 0 aliphatic carbocycles. The van der Waals surface area contributed by atoms with Crippen LogP contribution in [0.5, 0.6) is 0 Å². The van der Waals surface area contributed by atoms with Crippen LogP contribution in [-0.4, -0.2) is 20.3 Å². The molecule has 0 radical (unpaired) electrons. The van der Waals surface area contributed by atoms with Crippen molar-refractivity contribution in [2.75, 3.05) is 5.43 Å². The Hall–Kier alpha value is -2.94. The predicted octanol–water partition coefficient (Wildman–Crippen LogP) is 2.99. The molecule has 3 rings (SSSR count). The van der Waals surface area contributed by atoms with Crippen molar-refractivity contribution in [3.8, 4) is 0 Å². The lowest BCUT2D eigenvalue weighted by Gasteiger charge is -2.03. The molecule has 0 spiro atoms. The van der Waals surface area contributed by atoms with Gasteiger partial charge in [0.2, 0.25) is 0 Å². The molecule has 0 saturated carbocycles. The maximum Gasteiger partial charge on any atom is 0.328 e. The SMILES string of the molecule is Cn1c(=O)n(C)c2cc(/C=N/Nc3ccc([N+](=O)[O-])cc3)c(Br)cc21. The standard InChI is InChI=1S/C16H14BrN5O3/c1-20-14-7-10(13(17)8-15(14)21(2)16(20)23)9-18-19-11-3-5-12(6-4-11)22(24)25/h3-9,19H,1-2H3/b18-9+. The van der Waals surface area contributed by atoms with Crippen LogP contribution in [0.25, 0.3) is 11.0 Å². The Morgan fingerprint density at radius 1 is 1.16 bits per heavy atom. The number of nitro benzene ring substituents is 1. The number of fused-ring (bicyclic) bond motifs is 1. The van der Waals surface area contributed by atoms with E-state index in [0.717, 1.165) is 21.1 Å². The Labute approximate surface area is 150 Å². The van der Waals surface area contributed by atoms with Gasteiger partial charge in [-0.05, 0) is 24.3 Å². The Kier molecular flexibility index (Phi) is 4.41. The van der Waals surface area contributed by atoms with E-state index in [1.54, 1.807) is 41.6 Å². The Morgan fingerprint density at radius 2 is 1.76 bits per heavy atom. The molecular weight excluding hydrogens is 390 g/mol. The van der Waals surface area contributed by atoms with Crippen LogP contribution in [0.1, 0.15) is 5.56 Å². The Bertz CT molecular complexity index is 1050. The number of rotatable bonds is 4. The highest BCUT2D eigenvalue weighted by Crippen LogP contribution is 2.22. The van der Waals surface area contributed by atoms with Gasteiger partial charge >= 0.3 is 5.69 Å². The van der Waals surface area contributed by atoms with Crippen molar-refractivity contribution in [3.63, 3.8) is 0 Å². The topological polar surface area (TPSA) is 94.5 Å². The molecule has 2 aromatic carbocycles. The van der Waals surface area contributed by atoms with Crippen molar-refractivity contribution in [1.82, 2.24) is 9.13 Å². The zero-order chi connectivity index (χ0) is 18.1. The lowest BCUT2D eigenvalue weighted by Crippen LogP contribution is -2.19. The van der Waals surface area contributed by atoms with Crippen LogP contribution < -0.4 is 11.1 Å². The first-order valence-electron chi connectivity index (χ1n) is 7.27. The van der Waals surface area contributed by atoms with Crippen molar-refractivity contribution in [2.45, 2.75) is 0 Å². The fourth-order valence-electron chi connectivity index (χ4n) is 2.47. The molecule has 0 saturated heterocycles. The van der Waals surface area contributed by atoms with E-state index in [1.165, 1.54) is 12.1 Å². The van der Waals surface area contributed by atoms with E-state index < -0.39 is 4.92 Å². The van der Waals surface area contributed by atoms with E-state index in [0.29, 0.717) is 5.69 Å². The van der Waals surface area contributed by atoms with Crippen molar-refractivity contribution in [3.05, 3.63) is 67.0 Å². The zero-order valence-electron chi connectivity index (χ0n) is 13.4. The lowest BCUT2D eigenvalue weighted by atomic mass is 10.2. The first kappa shape index (κ1) is 16.9. The maximum atomic E-state index is 12.0. The van der Waals surface area contributed by atoms with Crippen molar-refractivity contribution in [2.24, 2.45) is 19.2 Å². The molecular formula is C16H14BrN5O3. The molecule has 0 bridgehead atoms. The van der Waals surface area contributed by atoms with Gasteiger partial charge in [0.15, 0.2) is 0 Å². The molecule has 0 aliphatic heterocycles. The predicted molar refractivity (Wildman–Crippen MR) is 100 cm³/mol. The normalized spacial score (nSPS) is 11.3. The second kappa shape index (κ2) is 6.52. The average molecular weight is 404 g/mol. The van der Waals surface area contributed by atoms with Gasteiger partial charge in [0.05, 0.1) is 27.9 Å². The van der Waals surface area contributed by atoms with Gasteiger partial charge in [-0.15, -0.1) is 0 Å². The summed E-state index contributed by atoms with van der Waals surface area (Å²) in [6.45, 7) is 0. The molecule has 0 atom stereocenters. The van der Waals surface area contributed by atoms with E-state index in [1.807, 2.05) is 12.1 Å². The van der Waals surface area contributed by atoms with Gasteiger partial charge < -0.3 is 0 Å². The fourth-order valence-corrected chi connectivity index (χ4v) is 2.90. The highest BCUT2D eigenvalue weighted by Gasteiger charge is 2.10. The van der Waals surface area contributed by atoms with Crippen LogP contribution in [-0.2, 0) is 14.1 Å². The molecule has 0 aliphatic rings. The number of halogens is 1. The number of benzene rings is 2. The number of non-ortho nitro benzene ring substituents is 1. The van der Waals surface area contributed by atoms with Gasteiger partial charge in [0.25, 0.3) is 5.69 Å². The monoisotopic (exact) mass is 403 g/mol.